The molecule has 5 heteroatoms. The highest BCUT2D eigenvalue weighted by Crippen LogP contribution is 2.29. The van der Waals surface area contributed by atoms with Crippen LogP contribution in [-0.2, 0) is 6.42 Å². The first-order valence-corrected chi connectivity index (χ1v) is 9.84. The minimum absolute atomic E-state index is 0.257. The summed E-state index contributed by atoms with van der Waals surface area (Å²) in [4.78, 5) is 9.42. The molecule has 0 amide bonds. The first kappa shape index (κ1) is 18.6. The second-order valence-electron chi connectivity index (χ2n) is 7.34. The van der Waals surface area contributed by atoms with E-state index < -0.39 is 0 Å². The van der Waals surface area contributed by atoms with Crippen LogP contribution in [-0.4, -0.2) is 54.8 Å². The summed E-state index contributed by atoms with van der Waals surface area (Å²) < 4.78 is 5.51. The molecule has 2 aromatic carbocycles. The zero-order valence-corrected chi connectivity index (χ0v) is 16.6. The number of pyridine rings is 1. The summed E-state index contributed by atoms with van der Waals surface area (Å²) in [6, 6.07) is 16.1. The molecule has 1 fully saturated rings. The van der Waals surface area contributed by atoms with E-state index in [-0.39, 0.29) is 5.75 Å². The van der Waals surface area contributed by atoms with Gasteiger partial charge in [-0.15, -0.1) is 0 Å². The van der Waals surface area contributed by atoms with E-state index in [2.05, 4.69) is 33.0 Å². The normalized spacial score (nSPS) is 15.1. The third-order valence-corrected chi connectivity index (χ3v) is 5.56. The van der Waals surface area contributed by atoms with E-state index in [1.54, 1.807) is 13.2 Å². The number of ether oxygens (including phenoxy) is 1. The number of aromatic hydroxyl groups is 1. The Morgan fingerprint density at radius 2 is 1.79 bits per heavy atom. The Morgan fingerprint density at radius 1 is 1.00 bits per heavy atom. The van der Waals surface area contributed by atoms with Crippen LogP contribution in [0, 0.1) is 6.92 Å². The molecule has 0 atom stereocenters. The van der Waals surface area contributed by atoms with Crippen LogP contribution in [0.25, 0.3) is 10.9 Å². The molecule has 0 saturated carbocycles. The van der Waals surface area contributed by atoms with Gasteiger partial charge >= 0.3 is 0 Å². The van der Waals surface area contributed by atoms with Crippen molar-refractivity contribution in [1.82, 2.24) is 9.88 Å². The third kappa shape index (κ3) is 3.76. The molecule has 0 bridgehead atoms. The van der Waals surface area contributed by atoms with Crippen LogP contribution in [0.2, 0.25) is 0 Å². The molecule has 0 spiro atoms. The van der Waals surface area contributed by atoms with E-state index in [9.17, 15) is 5.11 Å². The van der Waals surface area contributed by atoms with Gasteiger partial charge in [-0.2, -0.15) is 0 Å². The Morgan fingerprint density at radius 3 is 2.57 bits per heavy atom. The lowest BCUT2D eigenvalue weighted by atomic mass is 10.0. The second kappa shape index (κ2) is 8.07. The molecule has 146 valence electrons. The van der Waals surface area contributed by atoms with E-state index in [1.807, 2.05) is 31.2 Å². The fraction of sp³-hybridized carbons (Fsp3) is 0.348. The lowest BCUT2D eigenvalue weighted by molar-refractivity contribution is 0.260. The molecule has 28 heavy (non-hydrogen) atoms. The monoisotopic (exact) mass is 377 g/mol. The van der Waals surface area contributed by atoms with Crippen molar-refractivity contribution in [2.75, 3.05) is 44.7 Å². The fourth-order valence-corrected chi connectivity index (χ4v) is 3.96. The molecule has 1 saturated heterocycles. The first-order chi connectivity index (χ1) is 13.7. The summed E-state index contributed by atoms with van der Waals surface area (Å²) in [6.07, 6.45) is 0.955. The van der Waals surface area contributed by atoms with Gasteiger partial charge in [0.1, 0.15) is 17.0 Å². The van der Waals surface area contributed by atoms with Crippen molar-refractivity contribution in [1.29, 1.82) is 0 Å². The Hall–Kier alpha value is -2.79. The van der Waals surface area contributed by atoms with Gasteiger partial charge in [0.25, 0.3) is 0 Å². The first-order valence-electron chi connectivity index (χ1n) is 9.84. The molecule has 5 nitrogen and oxygen atoms in total. The van der Waals surface area contributed by atoms with Crippen molar-refractivity contribution >= 4 is 16.6 Å². The molecule has 3 aromatic rings. The van der Waals surface area contributed by atoms with Crippen molar-refractivity contribution in [3.63, 3.8) is 0 Å². The van der Waals surface area contributed by atoms with E-state index in [4.69, 9.17) is 4.74 Å². The van der Waals surface area contributed by atoms with Crippen LogP contribution in [0.4, 0.5) is 5.69 Å². The highest BCUT2D eigenvalue weighted by atomic mass is 16.5. The second-order valence-corrected chi connectivity index (χ2v) is 7.34. The number of fused-ring (bicyclic) bond motifs is 1. The smallest absolute Gasteiger partial charge is 0.142 e. The van der Waals surface area contributed by atoms with E-state index in [0.717, 1.165) is 56.0 Å². The third-order valence-electron chi connectivity index (χ3n) is 5.56. The minimum atomic E-state index is 0.257. The number of aromatic nitrogens is 1. The van der Waals surface area contributed by atoms with Gasteiger partial charge in [0.15, 0.2) is 0 Å². The lowest BCUT2D eigenvalue weighted by Crippen LogP contribution is -2.47. The summed E-state index contributed by atoms with van der Waals surface area (Å²) in [6.45, 7) is 7.02. The molecule has 0 aliphatic carbocycles. The van der Waals surface area contributed by atoms with Crippen LogP contribution < -0.4 is 9.64 Å². The van der Waals surface area contributed by atoms with E-state index in [1.165, 1.54) is 11.3 Å². The topological polar surface area (TPSA) is 48.8 Å². The van der Waals surface area contributed by atoms with Crippen molar-refractivity contribution in [3.8, 4) is 11.5 Å². The van der Waals surface area contributed by atoms with Gasteiger partial charge in [-0.1, -0.05) is 24.3 Å². The Kier molecular flexibility index (Phi) is 5.35. The zero-order valence-electron chi connectivity index (χ0n) is 16.6. The fourth-order valence-electron chi connectivity index (χ4n) is 3.96. The van der Waals surface area contributed by atoms with Crippen LogP contribution in [0.5, 0.6) is 11.5 Å². The number of phenolic OH excluding ortho intramolecular Hbond substituents is 1. The van der Waals surface area contributed by atoms with Gasteiger partial charge in [0.2, 0.25) is 0 Å². The highest BCUT2D eigenvalue weighted by molar-refractivity contribution is 5.87. The van der Waals surface area contributed by atoms with Gasteiger partial charge in [-0.05, 0) is 43.2 Å². The Balaban J connectivity index is 1.40. The average molecular weight is 377 g/mol. The SMILES string of the molecule is COc1ccccc1N1CCN(CCc2ccc(O)c3nc(C)ccc23)CC1. The number of aryl methyl sites for hydroxylation is 1. The standard InChI is InChI=1S/C23H27N3O2/c1-17-7-9-19-18(8-10-21(27)23(19)24-17)11-12-25-13-15-26(16-14-25)20-5-3-4-6-22(20)28-2/h3-10,27H,11-16H2,1-2H3. The number of nitrogens with zero attached hydrogens (tertiary/aromatic N) is 3. The summed E-state index contributed by atoms with van der Waals surface area (Å²) in [5, 5.41) is 11.2. The van der Waals surface area contributed by atoms with Crippen LogP contribution in [0.1, 0.15) is 11.3 Å². The number of phenols is 1. The summed E-state index contributed by atoms with van der Waals surface area (Å²) in [5.74, 6) is 1.20. The number of piperazine rings is 1. The maximum Gasteiger partial charge on any atom is 0.142 e. The number of para-hydroxylation sites is 2. The number of anilines is 1. The van der Waals surface area contributed by atoms with Crippen molar-refractivity contribution in [3.05, 3.63) is 59.8 Å². The molecular formula is C23H27N3O2. The molecule has 0 unspecified atom stereocenters. The molecule has 1 aliphatic rings. The Labute approximate surface area is 166 Å². The van der Waals surface area contributed by atoms with Crippen molar-refractivity contribution < 1.29 is 9.84 Å². The van der Waals surface area contributed by atoms with E-state index >= 15 is 0 Å². The number of hydrogen-bond acceptors (Lipinski definition) is 5. The molecule has 0 radical (unpaired) electrons. The van der Waals surface area contributed by atoms with Gasteiger partial charge in [-0.25, -0.2) is 4.98 Å². The number of hydrogen-bond donors (Lipinski definition) is 1. The van der Waals surface area contributed by atoms with Gasteiger partial charge in [-0.3, -0.25) is 4.90 Å². The summed E-state index contributed by atoms with van der Waals surface area (Å²) >= 11 is 0. The molecular weight excluding hydrogens is 350 g/mol. The predicted octanol–water partition coefficient (Wildman–Crippen LogP) is 3.62. The maximum absolute atomic E-state index is 10.1. The van der Waals surface area contributed by atoms with Crippen LogP contribution in [0.15, 0.2) is 48.5 Å². The van der Waals surface area contributed by atoms with Crippen LogP contribution in [0.3, 0.4) is 0 Å². The largest absolute Gasteiger partial charge is 0.506 e. The summed E-state index contributed by atoms with van der Waals surface area (Å²) in [5.41, 5.74) is 4.05. The van der Waals surface area contributed by atoms with Gasteiger partial charge < -0.3 is 14.7 Å². The minimum Gasteiger partial charge on any atom is -0.506 e. The number of methoxy groups -OCH3 is 1. The zero-order chi connectivity index (χ0) is 19.5. The van der Waals surface area contributed by atoms with Gasteiger partial charge in [0.05, 0.1) is 12.8 Å². The maximum atomic E-state index is 10.1. The predicted molar refractivity (Wildman–Crippen MR) is 113 cm³/mol. The molecule has 1 aromatic heterocycles. The highest BCUT2D eigenvalue weighted by Gasteiger charge is 2.19. The van der Waals surface area contributed by atoms with E-state index in [0.29, 0.717) is 5.52 Å². The average Bonchev–Trinajstić information content (AvgIpc) is 2.74. The summed E-state index contributed by atoms with van der Waals surface area (Å²) in [7, 11) is 1.73. The molecule has 1 aliphatic heterocycles. The quantitative estimate of drug-likeness (QED) is 0.736. The Bertz CT molecular complexity index is 965. The lowest BCUT2D eigenvalue weighted by Gasteiger charge is -2.36. The van der Waals surface area contributed by atoms with Crippen molar-refractivity contribution in [2.45, 2.75) is 13.3 Å². The molecule has 2 heterocycles. The number of rotatable bonds is 5. The molecule has 1 N–H and O–H groups in total. The van der Waals surface area contributed by atoms with Crippen LogP contribution >= 0.6 is 0 Å². The van der Waals surface area contributed by atoms with Gasteiger partial charge in [0, 0.05) is 43.8 Å². The number of benzene rings is 2. The van der Waals surface area contributed by atoms with Crippen molar-refractivity contribution in [2.24, 2.45) is 0 Å². The molecule has 4 rings (SSSR count).